The minimum atomic E-state index is -0.714. The van der Waals surface area contributed by atoms with Crippen molar-refractivity contribution >= 4 is 53.8 Å². The number of nitrogens with one attached hydrogen (secondary N) is 1. The summed E-state index contributed by atoms with van der Waals surface area (Å²) < 4.78 is 5.58. The van der Waals surface area contributed by atoms with Crippen LogP contribution in [0.2, 0.25) is 5.02 Å². The van der Waals surface area contributed by atoms with E-state index in [1.54, 1.807) is 62.4 Å². The molecule has 11 nitrogen and oxygen atoms in total. The summed E-state index contributed by atoms with van der Waals surface area (Å²) in [5.74, 6) is 2.71. The van der Waals surface area contributed by atoms with Crippen molar-refractivity contribution < 1.29 is 19.1 Å². The molecule has 2 aromatic carbocycles. The van der Waals surface area contributed by atoms with Gasteiger partial charge in [-0.25, -0.2) is 14.8 Å². The fraction of sp³-hybridized carbons (Fsp3) is 0.286. The van der Waals surface area contributed by atoms with Gasteiger partial charge in [-0.3, -0.25) is 19.8 Å². The third-order valence-corrected chi connectivity index (χ3v) is 5.66. The molecule has 0 aliphatic carbocycles. The molecule has 2 rings (SSSR count). The van der Waals surface area contributed by atoms with E-state index in [0.717, 1.165) is 10.5 Å². The Bertz CT molecular complexity index is 1280. The second-order valence-electron chi connectivity index (χ2n) is 8.53. The summed E-state index contributed by atoms with van der Waals surface area (Å²) in [6.45, 7) is 0.412. The second kappa shape index (κ2) is 16.3. The minimum Gasteiger partial charge on any atom is -0.425 e. The summed E-state index contributed by atoms with van der Waals surface area (Å²) in [6.07, 6.45) is 7.42. The maximum Gasteiger partial charge on any atom is 0.330 e. The van der Waals surface area contributed by atoms with Crippen molar-refractivity contribution in [2.24, 2.45) is 15.0 Å². The molecule has 4 amide bonds. The number of carbonyl (C=O) groups excluding carboxylic acids is 3. The number of rotatable bonds is 9. The molecule has 40 heavy (non-hydrogen) atoms. The molecule has 0 spiro atoms. The molecule has 0 fully saturated rings. The zero-order valence-electron chi connectivity index (χ0n) is 22.9. The van der Waals surface area contributed by atoms with E-state index in [4.69, 9.17) is 22.8 Å². The Labute approximate surface area is 239 Å². The van der Waals surface area contributed by atoms with Gasteiger partial charge in [0.15, 0.2) is 0 Å². The van der Waals surface area contributed by atoms with Gasteiger partial charge in [0.1, 0.15) is 5.75 Å². The molecule has 0 aliphatic heterocycles. The zero-order valence-corrected chi connectivity index (χ0v) is 23.6. The Morgan fingerprint density at radius 3 is 2.33 bits per heavy atom. The first-order valence-corrected chi connectivity index (χ1v) is 12.5. The van der Waals surface area contributed by atoms with E-state index in [1.807, 2.05) is 12.1 Å². The molecule has 0 saturated heterocycles. The average molecular weight is 566 g/mol. The maximum absolute atomic E-state index is 12.9. The first-order chi connectivity index (χ1) is 19.2. The van der Waals surface area contributed by atoms with Crippen molar-refractivity contribution in [3.8, 4) is 18.1 Å². The number of terminal acetylenes is 1. The van der Waals surface area contributed by atoms with Crippen molar-refractivity contribution in [1.29, 1.82) is 0 Å². The maximum atomic E-state index is 12.9. The molecule has 1 N–H and O–H groups in total. The Hall–Kier alpha value is -4.69. The number of carbonyl (C=O) groups is 3. The third-order valence-electron chi connectivity index (χ3n) is 5.40. The number of hydrogen-bond acceptors (Lipinski definition) is 6. The Morgan fingerprint density at radius 1 is 1.07 bits per heavy atom. The van der Waals surface area contributed by atoms with Crippen LogP contribution in [0.4, 0.5) is 10.5 Å². The van der Waals surface area contributed by atoms with Gasteiger partial charge in [0.25, 0.3) is 0 Å². The predicted molar refractivity (Wildman–Crippen MR) is 157 cm³/mol. The summed E-state index contributed by atoms with van der Waals surface area (Å²) in [5, 5.41) is 3.33. The van der Waals surface area contributed by atoms with E-state index in [2.05, 4.69) is 26.2 Å². The van der Waals surface area contributed by atoms with Crippen molar-refractivity contribution in [2.45, 2.75) is 12.8 Å². The molecule has 210 valence electrons. The van der Waals surface area contributed by atoms with Gasteiger partial charge in [-0.2, -0.15) is 4.99 Å². The highest BCUT2D eigenvalue weighted by atomic mass is 35.5. The Kier molecular flexibility index (Phi) is 12.9. The molecule has 0 bridgehead atoms. The third kappa shape index (κ3) is 10.6. The molecule has 0 saturated carbocycles. The monoisotopic (exact) mass is 565 g/mol. The Balaban J connectivity index is 2.24. The van der Waals surface area contributed by atoms with E-state index in [-0.39, 0.29) is 30.9 Å². The number of urea groups is 1. The van der Waals surface area contributed by atoms with Crippen LogP contribution < -0.4 is 10.1 Å². The molecule has 12 heteroatoms. The van der Waals surface area contributed by atoms with Crippen molar-refractivity contribution in [3.05, 3.63) is 59.1 Å². The lowest BCUT2D eigenvalue weighted by atomic mass is 10.1. The quantitative estimate of drug-likeness (QED) is 0.217. The van der Waals surface area contributed by atoms with Gasteiger partial charge in [-0.1, -0.05) is 29.7 Å². The molecule has 0 heterocycles. The summed E-state index contributed by atoms with van der Waals surface area (Å²) >= 11 is 5.98. The van der Waals surface area contributed by atoms with Crippen LogP contribution in [0.15, 0.2) is 63.5 Å². The van der Waals surface area contributed by atoms with Crippen molar-refractivity contribution in [3.63, 3.8) is 0 Å². The van der Waals surface area contributed by atoms with Crippen LogP contribution in [0.3, 0.4) is 0 Å². The van der Waals surface area contributed by atoms with Crippen LogP contribution in [-0.2, 0) is 16.0 Å². The van der Waals surface area contributed by atoms with Crippen LogP contribution in [0.5, 0.6) is 5.75 Å². The van der Waals surface area contributed by atoms with Gasteiger partial charge in [0, 0.05) is 52.7 Å². The minimum absolute atomic E-state index is 0.00601. The molecule has 0 unspecified atom stereocenters. The number of hydrogen-bond donors (Lipinski definition) is 1. The van der Waals surface area contributed by atoms with Gasteiger partial charge in [-0.05, 0) is 48.4 Å². The molecular weight excluding hydrogens is 534 g/mol. The summed E-state index contributed by atoms with van der Waals surface area (Å²) in [6, 6.07) is 13.5. The highest BCUT2D eigenvalue weighted by Gasteiger charge is 2.19. The number of imide groups is 1. The Morgan fingerprint density at radius 2 is 1.75 bits per heavy atom. The smallest absolute Gasteiger partial charge is 0.330 e. The van der Waals surface area contributed by atoms with E-state index < -0.39 is 6.03 Å². The summed E-state index contributed by atoms with van der Waals surface area (Å²) in [7, 11) is 6.49. The summed E-state index contributed by atoms with van der Waals surface area (Å²) in [4.78, 5) is 53.0. The lowest BCUT2D eigenvalue weighted by Gasteiger charge is -2.24. The fourth-order valence-electron chi connectivity index (χ4n) is 3.11. The number of benzene rings is 2. The molecule has 0 aliphatic rings. The highest BCUT2D eigenvalue weighted by Crippen LogP contribution is 2.19. The van der Waals surface area contributed by atoms with Gasteiger partial charge in [0.2, 0.25) is 18.3 Å². The number of likely N-dealkylation sites (N-methyl/N-ethyl adjacent to an activating group) is 1. The first kappa shape index (κ1) is 31.5. The number of halogens is 1. The largest absolute Gasteiger partial charge is 0.425 e. The standard InChI is InChI=1S/C28H32ClN7O4/c1-6-17-31-27(30-2)40-24-13-11-23(12-14-24)32-26(35(5)18-15-21-7-9-22(29)10-8-21)33-28(39)36(20-37)19-16-25(38)34(3)4/h1,7-14,17,20H,15-16,18-19H2,2-5H3,(H,32,33,39)/b30-27?,31-17-. The zero-order chi connectivity index (χ0) is 29.5. The lowest BCUT2D eigenvalue weighted by Crippen LogP contribution is -2.49. The molecule has 0 radical (unpaired) electrons. The first-order valence-electron chi connectivity index (χ1n) is 12.2. The second-order valence-corrected chi connectivity index (χ2v) is 8.96. The van der Waals surface area contributed by atoms with E-state index in [1.165, 1.54) is 18.2 Å². The highest BCUT2D eigenvalue weighted by molar-refractivity contribution is 6.30. The predicted octanol–water partition coefficient (Wildman–Crippen LogP) is 3.22. The van der Waals surface area contributed by atoms with Crippen LogP contribution in [0, 0.1) is 12.3 Å². The normalized spacial score (nSPS) is 11.5. The number of ether oxygens (including phenoxy) is 1. The average Bonchev–Trinajstić information content (AvgIpc) is 2.95. The topological polar surface area (TPSA) is 119 Å². The van der Waals surface area contributed by atoms with Crippen LogP contribution >= 0.6 is 11.6 Å². The van der Waals surface area contributed by atoms with Crippen LogP contribution in [0.25, 0.3) is 0 Å². The molecule has 2 aromatic rings. The number of amidine groups is 1. The number of amides is 4. The number of nitrogens with zero attached hydrogens (tertiary/aromatic N) is 6. The molecule has 0 atom stereocenters. The SMILES string of the molecule is C#C/C=N\C(=NC)Oc1ccc(N=C(NC(=O)N(C=O)CCC(=O)N(C)C)N(C)CCc2ccc(Cl)cc2)cc1. The van der Waals surface area contributed by atoms with E-state index in [9.17, 15) is 14.4 Å². The fourth-order valence-corrected chi connectivity index (χ4v) is 3.24. The van der Waals surface area contributed by atoms with Gasteiger partial charge in [-0.15, -0.1) is 6.42 Å². The van der Waals surface area contributed by atoms with Gasteiger partial charge < -0.3 is 14.5 Å². The molecule has 0 aromatic heterocycles. The van der Waals surface area contributed by atoms with Crippen LogP contribution in [0.1, 0.15) is 12.0 Å². The van der Waals surface area contributed by atoms with Crippen molar-refractivity contribution in [2.75, 3.05) is 41.3 Å². The summed E-state index contributed by atoms with van der Waals surface area (Å²) in [5.41, 5.74) is 1.55. The molecular formula is C28H32ClN7O4. The lowest BCUT2D eigenvalue weighted by molar-refractivity contribution is -0.129. The van der Waals surface area contributed by atoms with E-state index >= 15 is 0 Å². The van der Waals surface area contributed by atoms with E-state index in [0.29, 0.717) is 35.8 Å². The van der Waals surface area contributed by atoms with Gasteiger partial charge in [0.05, 0.1) is 11.9 Å². The van der Waals surface area contributed by atoms with Crippen LogP contribution in [-0.4, -0.2) is 92.5 Å². The number of guanidine groups is 1. The van der Waals surface area contributed by atoms with Crippen molar-refractivity contribution in [1.82, 2.24) is 20.0 Å². The van der Waals surface area contributed by atoms with Gasteiger partial charge >= 0.3 is 12.1 Å². The number of aliphatic imine (C=N–C) groups is 3.